The zero-order chi connectivity index (χ0) is 19.7. The summed E-state index contributed by atoms with van der Waals surface area (Å²) in [6.45, 7) is 10.2. The molecule has 2 atom stereocenters. The molecule has 1 amide bonds. The van der Waals surface area contributed by atoms with Gasteiger partial charge in [-0.05, 0) is 37.3 Å². The van der Waals surface area contributed by atoms with Gasteiger partial charge in [-0.15, -0.1) is 0 Å². The third kappa shape index (κ3) is 3.55. The van der Waals surface area contributed by atoms with Crippen LogP contribution in [0.25, 0.3) is 0 Å². The molecule has 144 valence electrons. The summed E-state index contributed by atoms with van der Waals surface area (Å²) in [5.41, 5.74) is 3.19. The lowest BCUT2D eigenvalue weighted by Crippen LogP contribution is -2.40. The van der Waals surface area contributed by atoms with Crippen LogP contribution in [-0.4, -0.2) is 33.8 Å². The third-order valence-corrected chi connectivity index (χ3v) is 6.25. The van der Waals surface area contributed by atoms with Gasteiger partial charge in [0.2, 0.25) is 5.91 Å². The number of nitrogens with zero attached hydrogens (tertiary/aromatic N) is 2. The van der Waals surface area contributed by atoms with Crippen LogP contribution in [0.4, 0.5) is 0 Å². The van der Waals surface area contributed by atoms with Crippen molar-refractivity contribution < 1.29 is 14.3 Å². The van der Waals surface area contributed by atoms with Crippen LogP contribution in [-0.2, 0) is 14.3 Å². The molecular weight excluding hydrogens is 360 g/mol. The first-order valence-electron chi connectivity index (χ1n) is 9.45. The van der Waals surface area contributed by atoms with Crippen LogP contribution in [0.3, 0.4) is 0 Å². The minimum Gasteiger partial charge on any atom is -0.463 e. The van der Waals surface area contributed by atoms with Crippen molar-refractivity contribution in [3.8, 4) is 0 Å². The summed E-state index contributed by atoms with van der Waals surface area (Å²) in [7, 11) is 0. The Kier molecular flexibility index (Phi) is 5.75. The molecule has 0 saturated carbocycles. The number of benzene rings is 1. The van der Waals surface area contributed by atoms with Gasteiger partial charge in [-0.1, -0.05) is 56.8 Å². The molecule has 0 unspecified atom stereocenters. The molecule has 5 nitrogen and oxygen atoms in total. The molecule has 1 aromatic rings. The molecule has 27 heavy (non-hydrogen) atoms. The van der Waals surface area contributed by atoms with Crippen molar-refractivity contribution in [2.24, 2.45) is 4.99 Å². The highest BCUT2D eigenvalue weighted by atomic mass is 32.2. The van der Waals surface area contributed by atoms with Crippen molar-refractivity contribution in [2.75, 3.05) is 6.61 Å². The number of amidine groups is 1. The molecule has 0 aliphatic carbocycles. The second-order valence-electron chi connectivity index (χ2n) is 7.06. The largest absolute Gasteiger partial charge is 0.463 e. The van der Waals surface area contributed by atoms with E-state index in [-0.39, 0.29) is 17.8 Å². The number of fused-ring (bicyclic) bond motifs is 1. The van der Waals surface area contributed by atoms with Gasteiger partial charge in [0.05, 0.1) is 29.2 Å². The zero-order valence-corrected chi connectivity index (χ0v) is 17.3. The van der Waals surface area contributed by atoms with Crippen molar-refractivity contribution >= 4 is 28.8 Å². The number of esters is 1. The fraction of sp³-hybridized carbons (Fsp3) is 0.476. The van der Waals surface area contributed by atoms with Gasteiger partial charge in [0, 0.05) is 0 Å². The van der Waals surface area contributed by atoms with E-state index in [4.69, 9.17) is 4.74 Å². The highest BCUT2D eigenvalue weighted by molar-refractivity contribution is 8.15. The van der Waals surface area contributed by atoms with E-state index < -0.39 is 12.0 Å². The van der Waals surface area contributed by atoms with E-state index >= 15 is 0 Å². The number of carbonyl (C=O) groups excluding carboxylic acids is 2. The number of hydrogen-bond acceptors (Lipinski definition) is 5. The molecule has 0 spiro atoms. The van der Waals surface area contributed by atoms with Crippen LogP contribution in [0.15, 0.2) is 40.5 Å². The number of carbonyl (C=O) groups is 2. The van der Waals surface area contributed by atoms with E-state index in [9.17, 15) is 9.59 Å². The molecule has 1 fully saturated rings. The number of amides is 1. The highest BCUT2D eigenvalue weighted by Crippen LogP contribution is 2.44. The Balaban J connectivity index is 2.10. The van der Waals surface area contributed by atoms with E-state index in [1.165, 1.54) is 17.3 Å². The van der Waals surface area contributed by atoms with Gasteiger partial charge >= 0.3 is 5.97 Å². The lowest BCUT2D eigenvalue weighted by molar-refractivity contribution is -0.139. The summed E-state index contributed by atoms with van der Waals surface area (Å²) < 4.78 is 5.29. The van der Waals surface area contributed by atoms with Crippen LogP contribution >= 0.6 is 11.8 Å². The molecule has 2 aliphatic heterocycles. The maximum atomic E-state index is 13.0. The molecule has 2 heterocycles. The van der Waals surface area contributed by atoms with Crippen LogP contribution in [0.5, 0.6) is 0 Å². The molecule has 0 aromatic heterocycles. The van der Waals surface area contributed by atoms with Gasteiger partial charge in [-0.2, -0.15) is 0 Å². The summed E-state index contributed by atoms with van der Waals surface area (Å²) in [6.07, 6.45) is 0.728. The normalized spacial score (nSPS) is 22.2. The van der Waals surface area contributed by atoms with E-state index in [2.05, 4.69) is 31.0 Å². The average Bonchev–Trinajstić information content (AvgIpc) is 2.96. The molecule has 0 radical (unpaired) electrons. The van der Waals surface area contributed by atoms with Crippen LogP contribution in [0, 0.1) is 0 Å². The molecule has 6 heteroatoms. The van der Waals surface area contributed by atoms with Gasteiger partial charge in [0.1, 0.15) is 0 Å². The minimum atomic E-state index is -0.491. The van der Waals surface area contributed by atoms with E-state index in [0.29, 0.717) is 22.4 Å². The summed E-state index contributed by atoms with van der Waals surface area (Å²) in [5, 5.41) is 0.519. The summed E-state index contributed by atoms with van der Waals surface area (Å²) in [6, 6.07) is 7.65. The Morgan fingerprint density at radius 2 is 1.93 bits per heavy atom. The summed E-state index contributed by atoms with van der Waals surface area (Å²) >= 11 is 1.48. The smallest absolute Gasteiger partial charge is 0.338 e. The Bertz CT molecular complexity index is 811. The monoisotopic (exact) mass is 386 g/mol. The number of hydrogen-bond donors (Lipinski definition) is 0. The summed E-state index contributed by atoms with van der Waals surface area (Å²) in [5.74, 6) is 0.0137. The number of thioether (sulfide) groups is 1. The van der Waals surface area contributed by atoms with Crippen molar-refractivity contribution in [3.05, 3.63) is 46.7 Å². The second-order valence-corrected chi connectivity index (χ2v) is 8.23. The Labute approximate surface area is 164 Å². The second kappa shape index (κ2) is 7.89. The molecule has 1 saturated heterocycles. The molecule has 3 rings (SSSR count). The minimum absolute atomic E-state index is 0.00786. The zero-order valence-electron chi connectivity index (χ0n) is 16.5. The predicted molar refractivity (Wildman–Crippen MR) is 109 cm³/mol. The SMILES string of the molecule is CCOC(=O)C1=C(C)N=C2S[C@H](CC)C(=O)N2[C@H]1c1ccc(C(C)C)cc1. The average molecular weight is 387 g/mol. The molecular formula is C21H26N2O3S. The number of ether oxygens (including phenoxy) is 1. The van der Waals surface area contributed by atoms with Crippen LogP contribution < -0.4 is 0 Å². The molecule has 0 N–H and O–H groups in total. The Morgan fingerprint density at radius 1 is 1.26 bits per heavy atom. The van der Waals surface area contributed by atoms with Crippen LogP contribution in [0.1, 0.15) is 64.1 Å². The van der Waals surface area contributed by atoms with Gasteiger partial charge in [0.25, 0.3) is 0 Å². The van der Waals surface area contributed by atoms with Crippen molar-refractivity contribution in [2.45, 2.75) is 58.2 Å². The number of rotatable bonds is 5. The summed E-state index contributed by atoms with van der Waals surface area (Å²) in [4.78, 5) is 32.0. The van der Waals surface area contributed by atoms with Crippen LogP contribution in [0.2, 0.25) is 0 Å². The Morgan fingerprint density at radius 3 is 2.48 bits per heavy atom. The highest BCUT2D eigenvalue weighted by Gasteiger charge is 2.47. The number of allylic oxidation sites excluding steroid dienone is 1. The number of aliphatic imine (C=N–C) groups is 1. The molecule has 0 bridgehead atoms. The van der Waals surface area contributed by atoms with E-state index in [1.54, 1.807) is 11.8 Å². The first-order valence-corrected chi connectivity index (χ1v) is 10.3. The predicted octanol–water partition coefficient (Wildman–Crippen LogP) is 4.41. The maximum Gasteiger partial charge on any atom is 0.338 e. The van der Waals surface area contributed by atoms with E-state index in [1.807, 2.05) is 26.0 Å². The van der Waals surface area contributed by atoms with Gasteiger partial charge in [0.15, 0.2) is 5.17 Å². The first-order chi connectivity index (χ1) is 12.9. The molecule has 1 aromatic carbocycles. The van der Waals surface area contributed by atoms with E-state index in [0.717, 1.165) is 12.0 Å². The van der Waals surface area contributed by atoms with Gasteiger partial charge in [-0.25, -0.2) is 9.79 Å². The third-order valence-electron chi connectivity index (χ3n) is 4.94. The lowest BCUT2D eigenvalue weighted by Gasteiger charge is -2.33. The van der Waals surface area contributed by atoms with Gasteiger partial charge < -0.3 is 4.74 Å². The van der Waals surface area contributed by atoms with Crippen molar-refractivity contribution in [1.82, 2.24) is 4.90 Å². The van der Waals surface area contributed by atoms with Crippen molar-refractivity contribution in [3.63, 3.8) is 0 Å². The quantitative estimate of drug-likeness (QED) is 0.703. The fourth-order valence-corrected chi connectivity index (χ4v) is 4.57. The molecule has 2 aliphatic rings. The maximum absolute atomic E-state index is 13.0. The fourth-order valence-electron chi connectivity index (χ4n) is 3.44. The topological polar surface area (TPSA) is 59.0 Å². The van der Waals surface area contributed by atoms with Crippen molar-refractivity contribution in [1.29, 1.82) is 0 Å². The first kappa shape index (κ1) is 19.7. The standard InChI is InChI=1S/C21H26N2O3S/c1-6-16-19(24)23-18(15-10-8-14(9-11-15)12(3)4)17(20(25)26-7-2)13(5)22-21(23)27-16/h8-12,16,18H,6-7H2,1-5H3/t16-,18+/m1/s1. The Hall–Kier alpha value is -2.08. The lowest BCUT2D eigenvalue weighted by atomic mass is 9.92. The van der Waals surface area contributed by atoms with Gasteiger partial charge in [-0.3, -0.25) is 9.69 Å².